The molecule has 0 aromatic heterocycles. The molecule has 0 heterocycles. The summed E-state index contributed by atoms with van der Waals surface area (Å²) < 4.78 is 0. The molecule has 10 atom stereocenters. The summed E-state index contributed by atoms with van der Waals surface area (Å²) in [6, 6.07) is 0. The number of aliphatic hydroxyl groups is 3. The number of aliphatic hydroxyl groups excluding tert-OH is 3. The van der Waals surface area contributed by atoms with Gasteiger partial charge in [0.25, 0.3) is 0 Å². The van der Waals surface area contributed by atoms with E-state index in [9.17, 15) is 34.5 Å². The van der Waals surface area contributed by atoms with E-state index in [-0.39, 0.29) is 48.6 Å². The van der Waals surface area contributed by atoms with Gasteiger partial charge in [0, 0.05) is 36.7 Å². The summed E-state index contributed by atoms with van der Waals surface area (Å²) in [6.07, 6.45) is 0.0827. The maximum atomic E-state index is 14.2. The highest BCUT2D eigenvalue weighted by molar-refractivity contribution is 6.07. The molecule has 212 valence electrons. The van der Waals surface area contributed by atoms with Crippen molar-refractivity contribution >= 4 is 23.6 Å². The van der Waals surface area contributed by atoms with E-state index in [4.69, 9.17) is 0 Å². The van der Waals surface area contributed by atoms with E-state index in [2.05, 4.69) is 0 Å². The molecule has 7 nitrogen and oxygen atoms in total. The fourth-order valence-corrected chi connectivity index (χ4v) is 9.34. The topological polar surface area (TPSA) is 129 Å². The molecule has 38 heavy (non-hydrogen) atoms. The molecule has 3 N–H and O–H groups in total. The number of hydrogen-bond donors (Lipinski definition) is 3. The molecule has 2 saturated carbocycles. The van der Waals surface area contributed by atoms with Crippen LogP contribution in [0.1, 0.15) is 93.4 Å². The van der Waals surface area contributed by atoms with E-state index in [0.29, 0.717) is 36.8 Å². The molecule has 0 aromatic carbocycles. The average Bonchev–Trinajstić information content (AvgIpc) is 3.03. The van der Waals surface area contributed by atoms with Crippen LogP contribution in [-0.4, -0.2) is 57.3 Å². The third kappa shape index (κ3) is 3.78. The maximum Gasteiger partial charge on any atom is 0.188 e. The van der Waals surface area contributed by atoms with Gasteiger partial charge in [-0.15, -0.1) is 0 Å². The highest BCUT2D eigenvalue weighted by Crippen LogP contribution is 2.70. The highest BCUT2D eigenvalue weighted by atomic mass is 16.3. The quantitative estimate of drug-likeness (QED) is 0.429. The Morgan fingerprint density at radius 1 is 1.05 bits per heavy atom. The Bertz CT molecular complexity index is 1070. The first-order valence-corrected chi connectivity index (χ1v) is 14.3. The maximum absolute atomic E-state index is 14.2. The number of fused-ring (bicyclic) bond motifs is 4. The number of Topliss-reactive ketones (excluding diaryl/α,β-unsaturated/α-hetero) is 3. The van der Waals surface area contributed by atoms with Gasteiger partial charge < -0.3 is 20.1 Å². The van der Waals surface area contributed by atoms with Crippen molar-refractivity contribution < 1.29 is 34.5 Å². The predicted molar refractivity (Wildman–Crippen MR) is 142 cm³/mol. The van der Waals surface area contributed by atoms with Gasteiger partial charge in [-0.25, -0.2) is 0 Å². The largest absolute Gasteiger partial charge is 0.393 e. The fourth-order valence-electron chi connectivity index (χ4n) is 9.34. The van der Waals surface area contributed by atoms with Crippen LogP contribution in [-0.2, 0) is 19.2 Å². The molecule has 2 fully saturated rings. The van der Waals surface area contributed by atoms with Crippen LogP contribution in [0, 0.1) is 45.3 Å². The summed E-state index contributed by atoms with van der Waals surface area (Å²) in [5.41, 5.74) is -2.76. The number of carbonyl (C=O) groups excluding carboxylic acids is 4. The van der Waals surface area contributed by atoms with E-state index in [0.717, 1.165) is 6.29 Å². The van der Waals surface area contributed by atoms with Crippen LogP contribution < -0.4 is 0 Å². The van der Waals surface area contributed by atoms with Crippen LogP contribution in [0.3, 0.4) is 0 Å². The van der Waals surface area contributed by atoms with Gasteiger partial charge in [0.05, 0.1) is 17.6 Å². The lowest BCUT2D eigenvalue weighted by molar-refractivity contribution is -0.159. The van der Waals surface area contributed by atoms with Crippen molar-refractivity contribution in [1.82, 2.24) is 0 Å². The number of ketones is 3. The van der Waals surface area contributed by atoms with E-state index >= 15 is 0 Å². The van der Waals surface area contributed by atoms with Gasteiger partial charge in [0.2, 0.25) is 0 Å². The normalized spacial score (nSPS) is 43.7. The smallest absolute Gasteiger partial charge is 0.188 e. The second-order valence-electron chi connectivity index (χ2n) is 14.2. The minimum absolute atomic E-state index is 0.00378. The summed E-state index contributed by atoms with van der Waals surface area (Å²) in [5, 5.41) is 34.2. The van der Waals surface area contributed by atoms with Gasteiger partial charge in [0.15, 0.2) is 5.78 Å². The molecule has 7 heteroatoms. The van der Waals surface area contributed by atoms with Crippen LogP contribution in [0.2, 0.25) is 0 Å². The van der Waals surface area contributed by atoms with Crippen molar-refractivity contribution in [1.29, 1.82) is 0 Å². The Balaban J connectivity index is 1.78. The van der Waals surface area contributed by atoms with Gasteiger partial charge in [-0.05, 0) is 66.3 Å². The molecule has 0 aromatic rings. The third-order valence-corrected chi connectivity index (χ3v) is 11.8. The van der Waals surface area contributed by atoms with Crippen LogP contribution in [0.25, 0.3) is 0 Å². The molecule has 0 saturated heterocycles. The zero-order chi connectivity index (χ0) is 28.6. The first-order chi connectivity index (χ1) is 17.5. The second kappa shape index (κ2) is 9.45. The first kappa shape index (κ1) is 29.3. The minimum atomic E-state index is -1.44. The van der Waals surface area contributed by atoms with Gasteiger partial charge in [0.1, 0.15) is 24.0 Å². The Morgan fingerprint density at radius 3 is 2.29 bits per heavy atom. The molecule has 4 rings (SSSR count). The highest BCUT2D eigenvalue weighted by Gasteiger charge is 2.73. The average molecular weight is 531 g/mol. The summed E-state index contributed by atoms with van der Waals surface area (Å²) in [5.74, 6) is -1.44. The van der Waals surface area contributed by atoms with Gasteiger partial charge >= 0.3 is 0 Å². The molecular weight excluding hydrogens is 484 g/mol. The predicted octanol–water partition coefficient (Wildman–Crippen LogP) is 3.61. The van der Waals surface area contributed by atoms with Crippen molar-refractivity contribution in [2.45, 2.75) is 112 Å². The van der Waals surface area contributed by atoms with Crippen LogP contribution in [0.5, 0.6) is 0 Å². The molecule has 0 radical (unpaired) electrons. The van der Waals surface area contributed by atoms with Crippen molar-refractivity contribution in [3.05, 3.63) is 11.1 Å². The molecular formula is C31H46O7. The lowest BCUT2D eigenvalue weighted by atomic mass is 9.42. The fraction of sp³-hybridized carbons (Fsp3) is 0.806. The van der Waals surface area contributed by atoms with Crippen molar-refractivity contribution in [2.24, 2.45) is 45.3 Å². The second-order valence-corrected chi connectivity index (χ2v) is 14.2. The van der Waals surface area contributed by atoms with Crippen LogP contribution in [0.4, 0.5) is 0 Å². The number of rotatable bonds is 7. The molecule has 0 spiro atoms. The van der Waals surface area contributed by atoms with E-state index in [1.807, 2.05) is 34.6 Å². The molecule has 0 aliphatic heterocycles. The lowest BCUT2D eigenvalue weighted by Gasteiger charge is -2.62. The summed E-state index contributed by atoms with van der Waals surface area (Å²) in [6.45, 7) is 13.3. The lowest BCUT2D eigenvalue weighted by Crippen LogP contribution is -2.64. The molecule has 0 bridgehead atoms. The van der Waals surface area contributed by atoms with E-state index in [1.54, 1.807) is 13.8 Å². The Labute approximate surface area is 226 Å². The molecule has 0 amide bonds. The minimum Gasteiger partial charge on any atom is -0.393 e. The Hall–Kier alpha value is -1.70. The number of hydrogen-bond acceptors (Lipinski definition) is 7. The zero-order valence-corrected chi connectivity index (χ0v) is 24.0. The summed E-state index contributed by atoms with van der Waals surface area (Å²) >= 11 is 0. The van der Waals surface area contributed by atoms with Crippen molar-refractivity contribution in [2.75, 3.05) is 0 Å². The Kier molecular flexibility index (Phi) is 7.28. The summed E-state index contributed by atoms with van der Waals surface area (Å²) in [7, 11) is 0. The van der Waals surface area contributed by atoms with Gasteiger partial charge in [-0.1, -0.05) is 41.5 Å². The van der Waals surface area contributed by atoms with E-state index < -0.39 is 51.7 Å². The number of aldehydes is 1. The molecule has 4 aliphatic carbocycles. The Morgan fingerprint density at radius 2 is 1.68 bits per heavy atom. The van der Waals surface area contributed by atoms with Crippen LogP contribution in [0.15, 0.2) is 11.1 Å². The zero-order valence-electron chi connectivity index (χ0n) is 24.0. The molecule has 10 unspecified atom stereocenters. The van der Waals surface area contributed by atoms with Crippen molar-refractivity contribution in [3.8, 4) is 0 Å². The van der Waals surface area contributed by atoms with Gasteiger partial charge in [-0.2, -0.15) is 0 Å². The van der Waals surface area contributed by atoms with E-state index in [1.165, 1.54) is 0 Å². The number of carbonyl (C=O) groups is 4. The third-order valence-electron chi connectivity index (χ3n) is 11.8. The SMILES string of the molecule is CC(CC=O)CC(=O)CC(C)C1CC(=O)C2(C)C3=C(C(=O)C(O)C12C)C1(C)CCC(O)C(C)(C)C1CC3O. The standard InChI is InChI=1S/C31H46O7/c1-16(9-11-32)12-18(33)13-17(2)19-14-23(36)31(7)24-20(34)15-21-28(3,4)22(35)8-10-29(21,5)25(24)26(37)27(38)30(19,31)6/h11,16-17,19-22,27,34-35,38H,8-10,12-15H2,1-7H3. The van der Waals surface area contributed by atoms with Crippen molar-refractivity contribution in [3.63, 3.8) is 0 Å². The van der Waals surface area contributed by atoms with Gasteiger partial charge in [-0.3, -0.25) is 14.4 Å². The van der Waals surface area contributed by atoms with Crippen LogP contribution >= 0.6 is 0 Å². The first-order valence-electron chi connectivity index (χ1n) is 14.3. The monoisotopic (exact) mass is 530 g/mol. The summed E-state index contributed by atoms with van der Waals surface area (Å²) in [4.78, 5) is 51.8. The molecule has 4 aliphatic rings.